The first-order valence-electron chi connectivity index (χ1n) is 8.08. The van der Waals surface area contributed by atoms with E-state index < -0.39 is 0 Å². The molecule has 3 rings (SSSR count). The zero-order valence-corrected chi connectivity index (χ0v) is 14.1. The summed E-state index contributed by atoms with van der Waals surface area (Å²) >= 11 is 6.05. The maximum absolute atomic E-state index is 12.4. The van der Waals surface area contributed by atoms with Crippen molar-refractivity contribution >= 4 is 17.4 Å². The van der Waals surface area contributed by atoms with E-state index in [4.69, 9.17) is 11.6 Å². The maximum atomic E-state index is 12.4. The summed E-state index contributed by atoms with van der Waals surface area (Å²) in [5, 5.41) is 3.98. The molecule has 1 aliphatic rings. The molecule has 1 saturated heterocycles. The van der Waals surface area contributed by atoms with Crippen LogP contribution < -0.4 is 5.32 Å². The first-order chi connectivity index (χ1) is 11.1. The summed E-state index contributed by atoms with van der Waals surface area (Å²) in [4.78, 5) is 16.5. The van der Waals surface area contributed by atoms with E-state index in [2.05, 4.69) is 34.6 Å². The second kappa shape index (κ2) is 7.24. The normalized spacial score (nSPS) is 17.9. The molecular weight excluding hydrogens is 308 g/mol. The van der Waals surface area contributed by atoms with E-state index in [9.17, 15) is 4.79 Å². The SMILES string of the molecule is Cc1ncc(C(=O)Cc2ccc([C@@H]3CCCNC3)cc2)cc1Cl. The summed E-state index contributed by atoms with van der Waals surface area (Å²) in [6.45, 7) is 4.00. The molecule has 0 spiro atoms. The highest BCUT2D eigenvalue weighted by atomic mass is 35.5. The molecule has 1 aromatic heterocycles. The van der Waals surface area contributed by atoms with Crippen LogP contribution in [0.15, 0.2) is 36.5 Å². The second-order valence-corrected chi connectivity index (χ2v) is 6.58. The van der Waals surface area contributed by atoms with Gasteiger partial charge < -0.3 is 5.32 Å². The Balaban J connectivity index is 1.67. The van der Waals surface area contributed by atoms with Gasteiger partial charge in [0.1, 0.15) is 0 Å². The number of aromatic nitrogens is 1. The third-order valence-electron chi connectivity index (χ3n) is 4.46. The molecule has 1 aromatic carbocycles. The molecule has 1 N–H and O–H groups in total. The van der Waals surface area contributed by atoms with Crippen LogP contribution in [0.4, 0.5) is 0 Å². The molecule has 3 nitrogen and oxygen atoms in total. The topological polar surface area (TPSA) is 42.0 Å². The lowest BCUT2D eigenvalue weighted by atomic mass is 9.90. The van der Waals surface area contributed by atoms with E-state index in [-0.39, 0.29) is 5.78 Å². The van der Waals surface area contributed by atoms with Gasteiger partial charge in [-0.25, -0.2) is 0 Å². The average molecular weight is 329 g/mol. The smallest absolute Gasteiger partial charge is 0.168 e. The van der Waals surface area contributed by atoms with Gasteiger partial charge in [0.05, 0.1) is 10.7 Å². The number of nitrogens with one attached hydrogen (secondary N) is 1. The molecule has 1 fully saturated rings. The monoisotopic (exact) mass is 328 g/mol. The second-order valence-electron chi connectivity index (χ2n) is 6.18. The number of rotatable bonds is 4. The summed E-state index contributed by atoms with van der Waals surface area (Å²) in [5.74, 6) is 0.639. The van der Waals surface area contributed by atoms with Crippen LogP contribution in [0.2, 0.25) is 5.02 Å². The first-order valence-corrected chi connectivity index (χ1v) is 8.46. The number of ketones is 1. The Morgan fingerprint density at radius 1 is 1.35 bits per heavy atom. The van der Waals surface area contributed by atoms with Gasteiger partial charge in [-0.2, -0.15) is 0 Å². The minimum atomic E-state index is 0.0477. The van der Waals surface area contributed by atoms with E-state index >= 15 is 0 Å². The van der Waals surface area contributed by atoms with Crippen molar-refractivity contribution in [1.29, 1.82) is 0 Å². The zero-order valence-electron chi connectivity index (χ0n) is 13.3. The molecule has 0 amide bonds. The molecule has 120 valence electrons. The number of nitrogens with zero attached hydrogens (tertiary/aromatic N) is 1. The van der Waals surface area contributed by atoms with E-state index in [1.807, 2.05) is 6.92 Å². The van der Waals surface area contributed by atoms with Crippen molar-refractivity contribution in [2.75, 3.05) is 13.1 Å². The molecular formula is C19H21ClN2O. The van der Waals surface area contributed by atoms with Crippen molar-refractivity contribution in [2.24, 2.45) is 0 Å². The third kappa shape index (κ3) is 3.98. The molecule has 2 heterocycles. The molecule has 1 aliphatic heterocycles. The van der Waals surface area contributed by atoms with Crippen molar-refractivity contribution in [2.45, 2.75) is 32.1 Å². The zero-order chi connectivity index (χ0) is 16.2. The Morgan fingerprint density at radius 3 is 2.78 bits per heavy atom. The number of aryl methyl sites for hydroxylation is 1. The van der Waals surface area contributed by atoms with Gasteiger partial charge in [0.15, 0.2) is 5.78 Å². The predicted octanol–water partition coefficient (Wildman–Crippen LogP) is 3.94. The van der Waals surface area contributed by atoms with Crippen LogP contribution in [0.25, 0.3) is 0 Å². The Labute approximate surface area is 142 Å². The Bertz CT molecular complexity index is 691. The van der Waals surface area contributed by atoms with Gasteiger partial charge in [-0.05, 0) is 49.4 Å². The molecule has 0 unspecified atom stereocenters. The number of pyridine rings is 1. The molecule has 2 aromatic rings. The van der Waals surface area contributed by atoms with E-state index in [0.29, 0.717) is 22.9 Å². The first kappa shape index (κ1) is 16.2. The molecule has 0 bridgehead atoms. The quantitative estimate of drug-likeness (QED) is 0.864. The number of hydrogen-bond acceptors (Lipinski definition) is 3. The highest BCUT2D eigenvalue weighted by molar-refractivity contribution is 6.31. The molecule has 0 aliphatic carbocycles. The summed E-state index contributed by atoms with van der Waals surface area (Å²) in [5.41, 5.74) is 3.70. The number of piperidine rings is 1. The highest BCUT2D eigenvalue weighted by Crippen LogP contribution is 2.24. The standard InChI is InChI=1S/C19H21ClN2O/c1-13-18(20)10-17(12-22-13)19(23)9-14-4-6-15(7-5-14)16-3-2-8-21-11-16/h4-7,10,12,16,21H,2-3,8-9,11H2,1H3/t16-/m1/s1. The van der Waals surface area contributed by atoms with Crippen LogP contribution in [-0.2, 0) is 6.42 Å². The number of benzene rings is 1. The third-order valence-corrected chi connectivity index (χ3v) is 4.84. The van der Waals surface area contributed by atoms with Gasteiger partial charge in [0.25, 0.3) is 0 Å². The van der Waals surface area contributed by atoms with Crippen LogP contribution in [0.1, 0.15) is 45.9 Å². The fraction of sp³-hybridized carbons (Fsp3) is 0.368. The minimum Gasteiger partial charge on any atom is -0.316 e. The molecule has 23 heavy (non-hydrogen) atoms. The van der Waals surface area contributed by atoms with Gasteiger partial charge in [0, 0.05) is 24.7 Å². The number of halogens is 1. The van der Waals surface area contributed by atoms with Crippen LogP contribution in [0.5, 0.6) is 0 Å². The summed E-state index contributed by atoms with van der Waals surface area (Å²) < 4.78 is 0. The fourth-order valence-corrected chi connectivity index (χ4v) is 3.16. The van der Waals surface area contributed by atoms with Gasteiger partial charge in [-0.3, -0.25) is 9.78 Å². The molecule has 4 heteroatoms. The maximum Gasteiger partial charge on any atom is 0.168 e. The van der Waals surface area contributed by atoms with Crippen molar-refractivity contribution in [1.82, 2.24) is 10.3 Å². The van der Waals surface area contributed by atoms with Crippen LogP contribution >= 0.6 is 11.6 Å². The van der Waals surface area contributed by atoms with Gasteiger partial charge in [0.2, 0.25) is 0 Å². The minimum absolute atomic E-state index is 0.0477. The van der Waals surface area contributed by atoms with Gasteiger partial charge >= 0.3 is 0 Å². The largest absolute Gasteiger partial charge is 0.316 e. The molecule has 1 atom stereocenters. The van der Waals surface area contributed by atoms with Crippen LogP contribution in [0, 0.1) is 6.92 Å². The van der Waals surface area contributed by atoms with Crippen molar-refractivity contribution in [3.63, 3.8) is 0 Å². The fourth-order valence-electron chi connectivity index (χ4n) is 2.99. The van der Waals surface area contributed by atoms with E-state index in [1.165, 1.54) is 18.4 Å². The lowest BCUT2D eigenvalue weighted by Gasteiger charge is -2.23. The highest BCUT2D eigenvalue weighted by Gasteiger charge is 2.15. The van der Waals surface area contributed by atoms with Gasteiger partial charge in [-0.15, -0.1) is 0 Å². The number of Topliss-reactive ketones (excluding diaryl/α,β-unsaturated/α-hetero) is 1. The predicted molar refractivity (Wildman–Crippen MR) is 93.3 cm³/mol. The van der Waals surface area contributed by atoms with Gasteiger partial charge in [-0.1, -0.05) is 35.9 Å². The number of carbonyl (C=O) groups is 1. The van der Waals surface area contributed by atoms with Crippen LogP contribution in [-0.4, -0.2) is 23.9 Å². The van der Waals surface area contributed by atoms with Crippen molar-refractivity contribution in [3.8, 4) is 0 Å². The molecule has 0 radical (unpaired) electrons. The lowest BCUT2D eigenvalue weighted by molar-refractivity contribution is 0.0992. The van der Waals surface area contributed by atoms with Crippen molar-refractivity contribution in [3.05, 3.63) is 63.9 Å². The number of hydrogen-bond donors (Lipinski definition) is 1. The Hall–Kier alpha value is -1.71. The van der Waals surface area contributed by atoms with E-state index in [1.54, 1.807) is 12.3 Å². The van der Waals surface area contributed by atoms with Crippen molar-refractivity contribution < 1.29 is 4.79 Å². The summed E-state index contributed by atoms with van der Waals surface area (Å²) in [6, 6.07) is 10.1. The van der Waals surface area contributed by atoms with E-state index in [0.717, 1.165) is 24.3 Å². The number of carbonyl (C=O) groups excluding carboxylic acids is 1. The summed E-state index contributed by atoms with van der Waals surface area (Å²) in [6.07, 6.45) is 4.45. The Kier molecular flexibility index (Phi) is 5.09. The summed E-state index contributed by atoms with van der Waals surface area (Å²) in [7, 11) is 0. The molecule has 0 saturated carbocycles. The average Bonchev–Trinajstić information content (AvgIpc) is 2.59. The lowest BCUT2D eigenvalue weighted by Crippen LogP contribution is -2.28. The Morgan fingerprint density at radius 2 is 2.13 bits per heavy atom. The van der Waals surface area contributed by atoms with Crippen LogP contribution in [0.3, 0.4) is 0 Å².